The van der Waals surface area contributed by atoms with Crippen molar-refractivity contribution in [1.29, 1.82) is 0 Å². The highest BCUT2D eigenvalue weighted by atomic mass is 127. The quantitative estimate of drug-likeness (QED) is 0.365. The van der Waals surface area contributed by atoms with Gasteiger partial charge in [-0.1, -0.05) is 54.7 Å². The van der Waals surface area contributed by atoms with E-state index in [0.29, 0.717) is 0 Å². The van der Waals surface area contributed by atoms with E-state index in [1.165, 1.54) is 0 Å². The van der Waals surface area contributed by atoms with Crippen LogP contribution in [0.5, 0.6) is 0 Å². The van der Waals surface area contributed by atoms with Crippen molar-refractivity contribution in [3.05, 3.63) is 24.4 Å². The molecule has 0 saturated carbocycles. The van der Waals surface area contributed by atoms with E-state index in [4.69, 9.17) is 0 Å². The van der Waals surface area contributed by atoms with Gasteiger partial charge in [-0.2, -0.15) is 0 Å². The van der Waals surface area contributed by atoms with E-state index >= 15 is 0 Å². The molecule has 1 nitrogen and oxygen atoms in total. The molecule has 0 N–H and O–H groups in total. The summed E-state index contributed by atoms with van der Waals surface area (Å²) in [6.45, 7) is 6.49. The molecule has 0 aromatic rings. The van der Waals surface area contributed by atoms with E-state index in [9.17, 15) is 0 Å². The van der Waals surface area contributed by atoms with Crippen LogP contribution in [0.4, 0.5) is 0 Å². The van der Waals surface area contributed by atoms with Gasteiger partial charge in [-0.3, -0.25) is 4.99 Å². The Hall–Kier alpha value is -0.120. The third kappa shape index (κ3) is 3.09. The van der Waals surface area contributed by atoms with Gasteiger partial charge in [0.2, 0.25) is 0 Å². The number of rotatable bonds is 0. The first-order valence-corrected chi connectivity index (χ1v) is 5.11. The molecule has 66 valence electrons. The second-order valence-electron chi connectivity index (χ2n) is 3.90. The van der Waals surface area contributed by atoms with Gasteiger partial charge in [-0.15, -0.1) is 0 Å². The Kier molecular flexibility index (Phi) is 2.76. The first-order valence-electron chi connectivity index (χ1n) is 4.03. The number of aliphatic imine (C=N–C) groups is 1. The summed E-state index contributed by atoms with van der Waals surface area (Å²) < 4.78 is 0.0553. The Balaban J connectivity index is 2.97. The number of hydrogen-bond acceptors (Lipinski definition) is 1. The van der Waals surface area contributed by atoms with Crippen LogP contribution in [0.15, 0.2) is 29.4 Å². The minimum absolute atomic E-state index is 0.0553. The molecule has 0 radical (unpaired) electrons. The minimum Gasteiger partial charge on any atom is -0.268 e. The van der Waals surface area contributed by atoms with Crippen LogP contribution in [-0.2, 0) is 0 Å². The number of alkyl halides is 1. The average Bonchev–Trinajstić information content (AvgIpc) is 1.94. The molecular formula is C10H14IN. The standard InChI is InChI=1S/C10H14IN/c1-9(2)4-5-10(3,11)8-12-7-6-9/h4-8H,1-3H3/b5-4-,7-6-,12-8?. The fraction of sp³-hybridized carbons (Fsp3) is 0.500. The maximum Gasteiger partial charge on any atom is 0.0724 e. The Bertz CT molecular complexity index is 221. The van der Waals surface area contributed by atoms with E-state index in [-0.39, 0.29) is 8.84 Å². The molecule has 12 heavy (non-hydrogen) atoms. The summed E-state index contributed by atoms with van der Waals surface area (Å²) in [4.78, 5) is 4.21. The summed E-state index contributed by atoms with van der Waals surface area (Å²) in [6, 6.07) is 0. The van der Waals surface area contributed by atoms with E-state index in [2.05, 4.69) is 66.6 Å². The fourth-order valence-corrected chi connectivity index (χ4v) is 1.24. The van der Waals surface area contributed by atoms with Crippen LogP contribution in [0.3, 0.4) is 0 Å². The second kappa shape index (κ2) is 3.32. The lowest BCUT2D eigenvalue weighted by molar-refractivity contribution is 0.620. The molecule has 1 heterocycles. The maximum atomic E-state index is 4.21. The molecule has 0 aromatic carbocycles. The van der Waals surface area contributed by atoms with Crippen LogP contribution in [0.2, 0.25) is 0 Å². The Labute approximate surface area is 87.8 Å². The molecule has 0 saturated heterocycles. The zero-order valence-electron chi connectivity index (χ0n) is 7.71. The highest BCUT2D eigenvalue weighted by Gasteiger charge is 2.17. The summed E-state index contributed by atoms with van der Waals surface area (Å²) >= 11 is 2.38. The Morgan fingerprint density at radius 2 is 1.75 bits per heavy atom. The largest absolute Gasteiger partial charge is 0.268 e. The topological polar surface area (TPSA) is 12.4 Å². The summed E-state index contributed by atoms with van der Waals surface area (Å²) in [5.74, 6) is 0. The molecule has 0 fully saturated rings. The van der Waals surface area contributed by atoms with Crippen LogP contribution in [0, 0.1) is 5.41 Å². The van der Waals surface area contributed by atoms with Crippen LogP contribution in [0.1, 0.15) is 20.8 Å². The van der Waals surface area contributed by atoms with Crippen molar-refractivity contribution < 1.29 is 0 Å². The fourth-order valence-electron chi connectivity index (χ4n) is 0.900. The molecule has 2 heteroatoms. The van der Waals surface area contributed by atoms with Crippen LogP contribution in [-0.4, -0.2) is 9.64 Å². The molecule has 1 aliphatic rings. The van der Waals surface area contributed by atoms with Gasteiger partial charge in [0.05, 0.1) is 3.42 Å². The second-order valence-corrected chi connectivity index (χ2v) is 6.22. The minimum atomic E-state index is 0.0553. The Morgan fingerprint density at radius 1 is 1.08 bits per heavy atom. The van der Waals surface area contributed by atoms with Crippen LogP contribution < -0.4 is 0 Å². The summed E-state index contributed by atoms with van der Waals surface area (Å²) in [6.07, 6.45) is 10.4. The SMILES string of the molecule is CC1(I)C=N/C=C\C(C)(C)/C=C\1. The number of halogens is 1. The zero-order valence-corrected chi connectivity index (χ0v) is 9.87. The molecule has 1 rings (SSSR count). The Morgan fingerprint density at radius 3 is 2.42 bits per heavy atom. The molecule has 1 unspecified atom stereocenters. The molecular weight excluding hydrogens is 261 g/mol. The molecule has 0 amide bonds. The van der Waals surface area contributed by atoms with Gasteiger partial charge >= 0.3 is 0 Å². The van der Waals surface area contributed by atoms with Crippen molar-refractivity contribution in [1.82, 2.24) is 0 Å². The lowest BCUT2D eigenvalue weighted by atomic mass is 9.91. The normalized spacial score (nSPS) is 38.3. The monoisotopic (exact) mass is 275 g/mol. The predicted molar refractivity (Wildman–Crippen MR) is 63.0 cm³/mol. The van der Waals surface area contributed by atoms with E-state index in [0.717, 1.165) is 0 Å². The lowest BCUT2D eigenvalue weighted by Crippen LogP contribution is -2.16. The summed E-state index contributed by atoms with van der Waals surface area (Å²) in [5, 5.41) is 0. The average molecular weight is 275 g/mol. The van der Waals surface area contributed by atoms with Crippen molar-refractivity contribution in [2.75, 3.05) is 0 Å². The van der Waals surface area contributed by atoms with E-state index < -0.39 is 0 Å². The first-order chi connectivity index (χ1) is 5.41. The first kappa shape index (κ1) is 9.96. The summed E-state index contributed by atoms with van der Waals surface area (Å²) in [5.41, 5.74) is 0.129. The number of nitrogens with zero attached hydrogens (tertiary/aromatic N) is 1. The van der Waals surface area contributed by atoms with Gasteiger partial charge in [0, 0.05) is 17.8 Å². The van der Waals surface area contributed by atoms with Gasteiger partial charge < -0.3 is 0 Å². The van der Waals surface area contributed by atoms with Crippen molar-refractivity contribution in [2.24, 2.45) is 10.4 Å². The molecule has 0 bridgehead atoms. The number of hydrogen-bond donors (Lipinski definition) is 0. The highest BCUT2D eigenvalue weighted by Crippen LogP contribution is 2.26. The van der Waals surface area contributed by atoms with Crippen molar-refractivity contribution in [2.45, 2.75) is 24.2 Å². The molecule has 0 aromatic heterocycles. The molecule has 1 atom stereocenters. The lowest BCUT2D eigenvalue weighted by Gasteiger charge is -2.19. The van der Waals surface area contributed by atoms with Crippen LogP contribution in [0.25, 0.3) is 0 Å². The van der Waals surface area contributed by atoms with Gasteiger partial charge in [0.15, 0.2) is 0 Å². The van der Waals surface area contributed by atoms with Gasteiger partial charge in [-0.25, -0.2) is 0 Å². The van der Waals surface area contributed by atoms with Gasteiger partial charge in [0.25, 0.3) is 0 Å². The van der Waals surface area contributed by atoms with Gasteiger partial charge in [-0.05, 0) is 6.92 Å². The maximum absolute atomic E-state index is 4.21. The van der Waals surface area contributed by atoms with Crippen molar-refractivity contribution in [3.63, 3.8) is 0 Å². The molecule has 1 aliphatic heterocycles. The zero-order chi connectivity index (χ0) is 9.24. The molecule has 0 spiro atoms. The third-order valence-corrected chi connectivity index (χ3v) is 2.39. The highest BCUT2D eigenvalue weighted by molar-refractivity contribution is 14.1. The van der Waals surface area contributed by atoms with Gasteiger partial charge in [0.1, 0.15) is 0 Å². The number of allylic oxidation sites excluding steroid dienone is 3. The van der Waals surface area contributed by atoms with Crippen molar-refractivity contribution >= 4 is 28.8 Å². The molecule has 0 aliphatic carbocycles. The third-order valence-electron chi connectivity index (χ3n) is 1.76. The van der Waals surface area contributed by atoms with Crippen molar-refractivity contribution in [3.8, 4) is 0 Å². The van der Waals surface area contributed by atoms with E-state index in [1.54, 1.807) is 0 Å². The van der Waals surface area contributed by atoms with E-state index in [1.807, 2.05) is 12.4 Å². The predicted octanol–water partition coefficient (Wildman–Crippen LogP) is 3.36. The summed E-state index contributed by atoms with van der Waals surface area (Å²) in [7, 11) is 0. The van der Waals surface area contributed by atoms with Crippen LogP contribution >= 0.6 is 22.6 Å². The smallest absolute Gasteiger partial charge is 0.0724 e.